The third-order valence-electron chi connectivity index (χ3n) is 6.00. The van der Waals surface area contributed by atoms with Crippen LogP contribution in [-0.2, 0) is 32.1 Å². The Morgan fingerprint density at radius 2 is 1.86 bits per heavy atom. The molecule has 2 rings (SSSR count). The van der Waals surface area contributed by atoms with Gasteiger partial charge in [-0.2, -0.15) is 12.6 Å². The number of benzene rings is 1. The molecule has 12 heteroatoms. The minimum absolute atomic E-state index is 0.0979. The van der Waals surface area contributed by atoms with Crippen LogP contribution in [0.5, 0.6) is 0 Å². The van der Waals surface area contributed by atoms with Gasteiger partial charge in [0.25, 0.3) is 0 Å². The van der Waals surface area contributed by atoms with Crippen molar-refractivity contribution in [2.75, 3.05) is 12.3 Å². The zero-order chi connectivity index (χ0) is 26.1. The number of thiol groups is 1. The predicted molar refractivity (Wildman–Crippen MR) is 132 cm³/mol. The number of amides is 3. The van der Waals surface area contributed by atoms with Crippen LogP contribution in [0.15, 0.2) is 24.3 Å². The van der Waals surface area contributed by atoms with Gasteiger partial charge in [-0.15, -0.1) is 0 Å². The van der Waals surface area contributed by atoms with Crippen LogP contribution in [0.4, 0.5) is 0 Å². The van der Waals surface area contributed by atoms with Crippen molar-refractivity contribution in [2.45, 2.75) is 63.8 Å². The number of nitrogens with one attached hydrogen (secondary N) is 3. The number of hydroxylamine groups is 1. The molecule has 0 bridgehead atoms. The van der Waals surface area contributed by atoms with E-state index < -0.39 is 35.9 Å². The van der Waals surface area contributed by atoms with Gasteiger partial charge < -0.3 is 26.4 Å². The summed E-state index contributed by atoms with van der Waals surface area (Å²) in [6.45, 7) is 4.34. The molecule has 0 fully saturated rings. The molecule has 0 saturated carbocycles. The number of carbonyl (C=O) groups is 4. The first-order valence-corrected chi connectivity index (χ1v) is 12.1. The van der Waals surface area contributed by atoms with Gasteiger partial charge in [0.15, 0.2) is 0 Å². The molecule has 7 N–H and O–H groups in total. The molecule has 0 spiro atoms. The molecule has 1 aliphatic heterocycles. The topological polar surface area (TPSA) is 174 Å². The molecule has 3 amide bonds. The number of nitrogens with two attached hydrogens (primary N) is 1. The summed E-state index contributed by atoms with van der Waals surface area (Å²) in [4.78, 5) is 51.5. The fourth-order valence-electron chi connectivity index (χ4n) is 3.98. The molecule has 11 nitrogen and oxygen atoms in total. The summed E-state index contributed by atoms with van der Waals surface area (Å²) >= 11 is 4.18. The summed E-state index contributed by atoms with van der Waals surface area (Å²) in [6.07, 6.45) is -0.296. The SMILES string of the molecule is CC(C)[C@H](NCC(N)CS)C(=O)N1Cc2ccccc2C[C@@H]1C(=O)N[C@@H](CCC(=O)NO)C(=O)O. The van der Waals surface area contributed by atoms with Crippen LogP contribution in [-0.4, -0.2) is 75.4 Å². The smallest absolute Gasteiger partial charge is 0.326 e. The highest BCUT2D eigenvalue weighted by atomic mass is 32.1. The maximum absolute atomic E-state index is 13.7. The second-order valence-corrected chi connectivity index (χ2v) is 9.37. The summed E-state index contributed by atoms with van der Waals surface area (Å²) in [5, 5.41) is 23.8. The van der Waals surface area contributed by atoms with E-state index in [2.05, 4.69) is 23.3 Å². The van der Waals surface area contributed by atoms with E-state index in [-0.39, 0.29) is 43.7 Å². The zero-order valence-electron chi connectivity index (χ0n) is 19.9. The Hall–Kier alpha value is -2.67. The van der Waals surface area contributed by atoms with Crippen LogP contribution < -0.4 is 21.8 Å². The summed E-state index contributed by atoms with van der Waals surface area (Å²) in [5.41, 5.74) is 9.20. The highest BCUT2D eigenvalue weighted by molar-refractivity contribution is 7.80. The molecule has 1 aliphatic rings. The van der Waals surface area contributed by atoms with E-state index in [1.54, 1.807) is 0 Å². The number of hydrogen-bond acceptors (Lipinski definition) is 8. The standard InChI is InChI=1S/C23H35N5O6S/c1-13(2)20(25-10-16(24)12-35)22(31)28-11-15-6-4-3-5-14(15)9-18(28)21(30)26-17(23(32)33)7-8-19(29)27-34/h3-6,13,16-18,20,25,34-35H,7-12,24H2,1-2H3,(H,26,30)(H,27,29)(H,32,33)/t16?,17-,18+,20-/m0/s1. The maximum atomic E-state index is 13.7. The molecule has 0 radical (unpaired) electrons. The lowest BCUT2D eigenvalue weighted by Gasteiger charge is -2.39. The van der Waals surface area contributed by atoms with Gasteiger partial charge in [0.2, 0.25) is 17.7 Å². The van der Waals surface area contributed by atoms with Crippen molar-refractivity contribution in [3.05, 3.63) is 35.4 Å². The van der Waals surface area contributed by atoms with Gasteiger partial charge in [0.1, 0.15) is 12.1 Å². The quantitative estimate of drug-likeness (QED) is 0.114. The molecular weight excluding hydrogens is 474 g/mol. The van der Waals surface area contributed by atoms with Crippen molar-refractivity contribution in [2.24, 2.45) is 11.7 Å². The van der Waals surface area contributed by atoms with Crippen LogP contribution in [0.1, 0.15) is 37.8 Å². The van der Waals surface area contributed by atoms with Crippen LogP contribution in [0.25, 0.3) is 0 Å². The largest absolute Gasteiger partial charge is 0.480 e. The fourth-order valence-corrected chi connectivity index (χ4v) is 4.10. The number of carboxylic acids is 1. The van der Waals surface area contributed by atoms with Crippen LogP contribution in [0.3, 0.4) is 0 Å². The highest BCUT2D eigenvalue weighted by Gasteiger charge is 2.39. The van der Waals surface area contributed by atoms with E-state index in [9.17, 15) is 24.3 Å². The van der Waals surface area contributed by atoms with E-state index in [0.29, 0.717) is 12.3 Å². The number of carboxylic acid groups (broad SMARTS) is 1. The van der Waals surface area contributed by atoms with Gasteiger partial charge in [0, 0.05) is 37.7 Å². The van der Waals surface area contributed by atoms with Gasteiger partial charge in [-0.1, -0.05) is 38.1 Å². The van der Waals surface area contributed by atoms with E-state index in [1.165, 1.54) is 10.4 Å². The molecule has 1 aromatic carbocycles. The lowest BCUT2D eigenvalue weighted by molar-refractivity contribution is -0.147. The second kappa shape index (κ2) is 13.4. The minimum Gasteiger partial charge on any atom is -0.480 e. The first-order valence-electron chi connectivity index (χ1n) is 11.5. The molecule has 1 unspecified atom stereocenters. The van der Waals surface area contributed by atoms with Gasteiger partial charge in [-0.3, -0.25) is 19.6 Å². The zero-order valence-corrected chi connectivity index (χ0v) is 20.8. The molecule has 1 heterocycles. The summed E-state index contributed by atoms with van der Waals surface area (Å²) < 4.78 is 0. The predicted octanol–water partition coefficient (Wildman–Crippen LogP) is -0.334. The Morgan fingerprint density at radius 1 is 1.20 bits per heavy atom. The molecule has 35 heavy (non-hydrogen) atoms. The number of rotatable bonds is 12. The van der Waals surface area contributed by atoms with Crippen molar-refractivity contribution in [3.63, 3.8) is 0 Å². The van der Waals surface area contributed by atoms with Gasteiger partial charge in [-0.05, 0) is 23.5 Å². The molecule has 0 aromatic heterocycles. The molecule has 0 aliphatic carbocycles. The van der Waals surface area contributed by atoms with E-state index >= 15 is 0 Å². The van der Waals surface area contributed by atoms with Crippen molar-refractivity contribution in [3.8, 4) is 0 Å². The molecule has 4 atom stereocenters. The number of hydrogen-bond donors (Lipinski definition) is 7. The molecule has 194 valence electrons. The van der Waals surface area contributed by atoms with Crippen molar-refractivity contribution >= 4 is 36.3 Å². The lowest BCUT2D eigenvalue weighted by atomic mass is 9.91. The average molecular weight is 510 g/mol. The van der Waals surface area contributed by atoms with Crippen LogP contribution in [0, 0.1) is 5.92 Å². The van der Waals surface area contributed by atoms with Gasteiger partial charge >= 0.3 is 5.97 Å². The maximum Gasteiger partial charge on any atom is 0.326 e. The van der Waals surface area contributed by atoms with Crippen LogP contribution in [0.2, 0.25) is 0 Å². The summed E-state index contributed by atoms with van der Waals surface area (Å²) in [7, 11) is 0. The molecular formula is C23H35N5O6S. The Morgan fingerprint density at radius 3 is 2.43 bits per heavy atom. The summed E-state index contributed by atoms with van der Waals surface area (Å²) in [6, 6.07) is 4.32. The highest BCUT2D eigenvalue weighted by Crippen LogP contribution is 2.25. The van der Waals surface area contributed by atoms with Crippen molar-refractivity contribution in [1.82, 2.24) is 21.0 Å². The third kappa shape index (κ3) is 7.92. The normalized spacial score (nSPS) is 17.8. The van der Waals surface area contributed by atoms with Crippen molar-refractivity contribution < 1.29 is 29.5 Å². The average Bonchev–Trinajstić information content (AvgIpc) is 2.84. The monoisotopic (exact) mass is 509 g/mol. The number of aliphatic carboxylic acids is 1. The Kier molecular flexibility index (Phi) is 11.0. The fraction of sp³-hybridized carbons (Fsp3) is 0.565. The third-order valence-corrected chi connectivity index (χ3v) is 6.47. The number of carbonyl (C=O) groups excluding carboxylic acids is 3. The first kappa shape index (κ1) is 28.6. The number of nitrogens with zero attached hydrogens (tertiary/aromatic N) is 1. The first-order chi connectivity index (χ1) is 16.6. The van der Waals surface area contributed by atoms with E-state index in [0.717, 1.165) is 11.1 Å². The summed E-state index contributed by atoms with van der Waals surface area (Å²) in [5.74, 6) is -2.65. The van der Waals surface area contributed by atoms with E-state index in [4.69, 9.17) is 10.9 Å². The van der Waals surface area contributed by atoms with Crippen LogP contribution >= 0.6 is 12.6 Å². The minimum atomic E-state index is -1.36. The Bertz CT molecular complexity index is 914. The Balaban J connectivity index is 2.29. The van der Waals surface area contributed by atoms with Gasteiger partial charge in [-0.25, -0.2) is 10.3 Å². The van der Waals surface area contributed by atoms with Gasteiger partial charge in [0.05, 0.1) is 6.04 Å². The number of fused-ring (bicyclic) bond motifs is 1. The molecule has 1 aromatic rings. The lowest BCUT2D eigenvalue weighted by Crippen LogP contribution is -2.60. The molecule has 0 saturated heterocycles. The second-order valence-electron chi connectivity index (χ2n) is 9.00. The van der Waals surface area contributed by atoms with E-state index in [1.807, 2.05) is 38.1 Å². The van der Waals surface area contributed by atoms with Crippen molar-refractivity contribution in [1.29, 1.82) is 0 Å². The Labute approximate surface area is 210 Å².